The van der Waals surface area contributed by atoms with Crippen LogP contribution in [0.2, 0.25) is 5.02 Å². The predicted molar refractivity (Wildman–Crippen MR) is 77.1 cm³/mol. The summed E-state index contributed by atoms with van der Waals surface area (Å²) in [6, 6.07) is 7.01. The number of rotatable bonds is 4. The van der Waals surface area contributed by atoms with Gasteiger partial charge >= 0.3 is 0 Å². The minimum atomic E-state index is 0.424. The Hall–Kier alpha value is -2.01. The topological polar surface area (TPSA) is 73.1 Å². The fourth-order valence-electron chi connectivity index (χ4n) is 1.60. The Labute approximate surface area is 116 Å². The lowest BCUT2D eigenvalue weighted by Gasteiger charge is -2.10. The monoisotopic (exact) mass is 278 g/mol. The van der Waals surface area contributed by atoms with E-state index in [9.17, 15) is 0 Å². The van der Waals surface area contributed by atoms with Crippen molar-refractivity contribution in [1.29, 1.82) is 0 Å². The molecule has 0 saturated heterocycles. The highest BCUT2D eigenvalue weighted by atomic mass is 35.5. The van der Waals surface area contributed by atoms with Crippen LogP contribution >= 0.6 is 11.6 Å². The lowest BCUT2D eigenvalue weighted by molar-refractivity contribution is 0.415. The summed E-state index contributed by atoms with van der Waals surface area (Å²) >= 11 is 6.12. The Balaban J connectivity index is 2.32. The Bertz CT molecular complexity index is 589. The lowest BCUT2D eigenvalue weighted by Crippen LogP contribution is -2.03. The molecule has 2 aromatic rings. The van der Waals surface area contributed by atoms with Gasteiger partial charge in [0.1, 0.15) is 23.2 Å². The van der Waals surface area contributed by atoms with E-state index < -0.39 is 0 Å². The summed E-state index contributed by atoms with van der Waals surface area (Å²) in [5.74, 6) is 2.43. The molecule has 1 heterocycles. The van der Waals surface area contributed by atoms with E-state index in [1.807, 2.05) is 6.92 Å². The highest BCUT2D eigenvalue weighted by Gasteiger charge is 2.06. The quantitative estimate of drug-likeness (QED) is 0.899. The van der Waals surface area contributed by atoms with Crippen molar-refractivity contribution >= 4 is 28.9 Å². The van der Waals surface area contributed by atoms with Crippen molar-refractivity contribution in [3.63, 3.8) is 0 Å². The molecule has 0 unspecified atom stereocenters. The Morgan fingerprint density at radius 2 is 2.11 bits per heavy atom. The molecular weight excluding hydrogens is 264 g/mol. The normalized spacial score (nSPS) is 10.3. The van der Waals surface area contributed by atoms with E-state index >= 15 is 0 Å². The number of halogens is 1. The standard InChI is InChI=1S/C13H15ClN4O/c1-3-12-17-11(15)7-13(18-12)16-10-6-8(19-2)4-5-9(10)14/h4-7H,3H2,1-2H3,(H3,15,16,17,18). The number of hydrogen-bond acceptors (Lipinski definition) is 5. The Morgan fingerprint density at radius 1 is 1.32 bits per heavy atom. The minimum Gasteiger partial charge on any atom is -0.497 e. The smallest absolute Gasteiger partial charge is 0.136 e. The van der Waals surface area contributed by atoms with E-state index in [1.54, 1.807) is 31.4 Å². The van der Waals surface area contributed by atoms with Crippen LogP contribution in [-0.4, -0.2) is 17.1 Å². The maximum absolute atomic E-state index is 6.12. The summed E-state index contributed by atoms with van der Waals surface area (Å²) in [4.78, 5) is 8.46. The fourth-order valence-corrected chi connectivity index (χ4v) is 1.77. The number of nitrogens with zero attached hydrogens (tertiary/aromatic N) is 2. The minimum absolute atomic E-state index is 0.424. The molecule has 100 valence electrons. The van der Waals surface area contributed by atoms with E-state index in [1.165, 1.54) is 0 Å². The fraction of sp³-hybridized carbons (Fsp3) is 0.231. The van der Waals surface area contributed by atoms with Crippen molar-refractivity contribution in [3.8, 4) is 5.75 Å². The molecule has 0 spiro atoms. The summed E-state index contributed by atoms with van der Waals surface area (Å²) in [5, 5.41) is 3.70. The van der Waals surface area contributed by atoms with Crippen molar-refractivity contribution in [3.05, 3.63) is 35.1 Å². The maximum Gasteiger partial charge on any atom is 0.136 e. The van der Waals surface area contributed by atoms with Crippen LogP contribution in [0.15, 0.2) is 24.3 Å². The second-order valence-corrected chi connectivity index (χ2v) is 4.33. The SMILES string of the molecule is CCc1nc(N)cc(Nc2cc(OC)ccc2Cl)n1. The van der Waals surface area contributed by atoms with E-state index in [4.69, 9.17) is 22.1 Å². The number of benzene rings is 1. The van der Waals surface area contributed by atoms with Gasteiger partial charge in [0.25, 0.3) is 0 Å². The van der Waals surface area contributed by atoms with Crippen LogP contribution in [-0.2, 0) is 6.42 Å². The molecule has 1 aromatic heterocycles. The first-order valence-corrected chi connectivity index (χ1v) is 6.24. The molecule has 0 aliphatic rings. The van der Waals surface area contributed by atoms with Gasteiger partial charge in [-0.3, -0.25) is 0 Å². The maximum atomic E-state index is 6.12. The second kappa shape index (κ2) is 5.75. The van der Waals surface area contributed by atoms with Crippen LogP contribution in [0.3, 0.4) is 0 Å². The number of nitrogen functional groups attached to an aromatic ring is 1. The molecule has 0 radical (unpaired) electrons. The van der Waals surface area contributed by atoms with Gasteiger partial charge in [0, 0.05) is 18.6 Å². The molecule has 19 heavy (non-hydrogen) atoms. The van der Waals surface area contributed by atoms with E-state index in [0.29, 0.717) is 40.3 Å². The molecule has 0 amide bonds. The number of nitrogens with two attached hydrogens (primary N) is 1. The van der Waals surface area contributed by atoms with E-state index in [-0.39, 0.29) is 0 Å². The number of hydrogen-bond donors (Lipinski definition) is 2. The van der Waals surface area contributed by atoms with Gasteiger partial charge in [-0.1, -0.05) is 18.5 Å². The third-order valence-corrected chi connectivity index (χ3v) is 2.87. The molecule has 0 aliphatic carbocycles. The van der Waals surface area contributed by atoms with Crippen LogP contribution in [0.1, 0.15) is 12.7 Å². The van der Waals surface area contributed by atoms with Gasteiger partial charge in [-0.25, -0.2) is 9.97 Å². The summed E-state index contributed by atoms with van der Waals surface area (Å²) < 4.78 is 5.16. The van der Waals surface area contributed by atoms with Crippen LogP contribution in [0.5, 0.6) is 5.75 Å². The van der Waals surface area contributed by atoms with Gasteiger partial charge in [-0.15, -0.1) is 0 Å². The summed E-state index contributed by atoms with van der Waals surface area (Å²) in [7, 11) is 1.60. The molecule has 6 heteroatoms. The van der Waals surface area contributed by atoms with Gasteiger partial charge < -0.3 is 15.8 Å². The van der Waals surface area contributed by atoms with Crippen molar-refractivity contribution in [1.82, 2.24) is 9.97 Å². The molecule has 0 fully saturated rings. The molecule has 3 N–H and O–H groups in total. The molecule has 0 aliphatic heterocycles. The third-order valence-electron chi connectivity index (χ3n) is 2.54. The molecule has 2 rings (SSSR count). The van der Waals surface area contributed by atoms with Crippen LogP contribution in [0, 0.1) is 0 Å². The van der Waals surface area contributed by atoms with Crippen LogP contribution in [0.25, 0.3) is 0 Å². The highest BCUT2D eigenvalue weighted by molar-refractivity contribution is 6.33. The summed E-state index contributed by atoms with van der Waals surface area (Å²) in [5.41, 5.74) is 6.44. The third kappa shape index (κ3) is 3.26. The van der Waals surface area contributed by atoms with Crippen molar-refractivity contribution in [2.45, 2.75) is 13.3 Å². The highest BCUT2D eigenvalue weighted by Crippen LogP contribution is 2.29. The predicted octanol–water partition coefficient (Wildman–Crippen LogP) is 3.03. The zero-order chi connectivity index (χ0) is 13.8. The van der Waals surface area contributed by atoms with Gasteiger partial charge in [0.15, 0.2) is 0 Å². The first kappa shape index (κ1) is 13.4. The van der Waals surface area contributed by atoms with E-state index in [2.05, 4.69) is 15.3 Å². The number of nitrogens with one attached hydrogen (secondary N) is 1. The number of aryl methyl sites for hydroxylation is 1. The lowest BCUT2D eigenvalue weighted by atomic mass is 10.3. The molecule has 0 saturated carbocycles. The van der Waals surface area contributed by atoms with Gasteiger partial charge in [-0.05, 0) is 12.1 Å². The molecular formula is C13H15ClN4O. The van der Waals surface area contributed by atoms with Gasteiger partial charge in [-0.2, -0.15) is 0 Å². The van der Waals surface area contributed by atoms with Crippen LogP contribution in [0.4, 0.5) is 17.3 Å². The Kier molecular flexibility index (Phi) is 4.06. The van der Waals surface area contributed by atoms with Crippen LogP contribution < -0.4 is 15.8 Å². The molecule has 1 aromatic carbocycles. The van der Waals surface area contributed by atoms with Gasteiger partial charge in [0.2, 0.25) is 0 Å². The Morgan fingerprint density at radius 3 is 2.79 bits per heavy atom. The zero-order valence-corrected chi connectivity index (χ0v) is 11.5. The summed E-state index contributed by atoms with van der Waals surface area (Å²) in [6.45, 7) is 1.97. The average Bonchev–Trinajstić information content (AvgIpc) is 2.40. The largest absolute Gasteiger partial charge is 0.497 e. The number of anilines is 3. The first-order chi connectivity index (χ1) is 9.12. The van der Waals surface area contributed by atoms with Crippen molar-refractivity contribution in [2.75, 3.05) is 18.2 Å². The summed E-state index contributed by atoms with van der Waals surface area (Å²) in [6.07, 6.45) is 0.714. The number of ether oxygens (including phenoxy) is 1. The van der Waals surface area contributed by atoms with E-state index in [0.717, 1.165) is 0 Å². The first-order valence-electron chi connectivity index (χ1n) is 5.86. The van der Waals surface area contributed by atoms with Crippen molar-refractivity contribution < 1.29 is 4.74 Å². The van der Waals surface area contributed by atoms with Crippen molar-refractivity contribution in [2.24, 2.45) is 0 Å². The second-order valence-electron chi connectivity index (χ2n) is 3.92. The molecule has 0 atom stereocenters. The zero-order valence-electron chi connectivity index (χ0n) is 10.8. The number of methoxy groups -OCH3 is 1. The van der Waals surface area contributed by atoms with Gasteiger partial charge in [0.05, 0.1) is 17.8 Å². The molecule has 0 bridgehead atoms. The molecule has 5 nitrogen and oxygen atoms in total. The average molecular weight is 279 g/mol. The number of aromatic nitrogens is 2.